The molecule has 1 unspecified atom stereocenters. The Bertz CT molecular complexity index is 507. The Morgan fingerprint density at radius 2 is 2.05 bits per heavy atom. The van der Waals surface area contributed by atoms with Crippen molar-refractivity contribution in [2.45, 2.75) is 31.3 Å². The van der Waals surface area contributed by atoms with Gasteiger partial charge in [-0.2, -0.15) is 11.8 Å². The van der Waals surface area contributed by atoms with E-state index in [1.165, 1.54) is 5.56 Å². The third-order valence-electron chi connectivity index (χ3n) is 2.90. The predicted molar refractivity (Wildman–Crippen MR) is 79.1 cm³/mol. The van der Waals surface area contributed by atoms with Crippen LogP contribution < -0.4 is 0 Å². The number of aliphatic hydroxyl groups excluding tert-OH is 1. The smallest absolute Gasteiger partial charge is 0.226 e. The summed E-state index contributed by atoms with van der Waals surface area (Å²) in [6, 6.07) is 8.15. The lowest BCUT2D eigenvalue weighted by Gasteiger charge is -2.06. The standard InChI is InChI=1S/C15H19NO2S/c1-11-3-5-13(6-4-11)15-16-14(9-18-15)10-19-12(2)7-8-17/h3-6,9,12,17H,7-8,10H2,1-2H3. The number of nitrogens with zero attached hydrogens (tertiary/aromatic N) is 1. The number of hydrogen-bond donors (Lipinski definition) is 1. The third kappa shape index (κ3) is 4.11. The van der Waals surface area contributed by atoms with Gasteiger partial charge in [0.15, 0.2) is 0 Å². The minimum absolute atomic E-state index is 0.238. The van der Waals surface area contributed by atoms with E-state index in [1.54, 1.807) is 18.0 Å². The van der Waals surface area contributed by atoms with Gasteiger partial charge in [0.05, 0.1) is 5.69 Å². The summed E-state index contributed by atoms with van der Waals surface area (Å²) in [7, 11) is 0. The number of aromatic nitrogens is 1. The zero-order valence-electron chi connectivity index (χ0n) is 11.3. The highest BCUT2D eigenvalue weighted by atomic mass is 32.2. The molecule has 0 aliphatic rings. The molecule has 0 saturated carbocycles. The number of aliphatic hydroxyl groups is 1. The molecule has 0 radical (unpaired) electrons. The van der Waals surface area contributed by atoms with Crippen molar-refractivity contribution >= 4 is 11.8 Å². The second kappa shape index (κ2) is 6.78. The molecule has 4 heteroatoms. The molecule has 0 saturated heterocycles. The highest BCUT2D eigenvalue weighted by molar-refractivity contribution is 7.99. The maximum Gasteiger partial charge on any atom is 0.226 e. The van der Waals surface area contributed by atoms with E-state index in [0.29, 0.717) is 11.1 Å². The van der Waals surface area contributed by atoms with E-state index in [2.05, 4.69) is 31.0 Å². The molecule has 1 aromatic carbocycles. The van der Waals surface area contributed by atoms with Crippen LogP contribution in [-0.2, 0) is 5.75 Å². The summed E-state index contributed by atoms with van der Waals surface area (Å²) in [5.74, 6) is 1.49. The van der Waals surface area contributed by atoms with Crippen LogP contribution in [0.3, 0.4) is 0 Å². The summed E-state index contributed by atoms with van der Waals surface area (Å²) >= 11 is 1.78. The van der Waals surface area contributed by atoms with E-state index in [1.807, 2.05) is 12.1 Å². The van der Waals surface area contributed by atoms with E-state index in [-0.39, 0.29) is 6.61 Å². The summed E-state index contributed by atoms with van der Waals surface area (Å²) in [6.45, 7) is 4.41. The molecule has 0 fully saturated rings. The Morgan fingerprint density at radius 1 is 1.32 bits per heavy atom. The van der Waals surface area contributed by atoms with E-state index in [9.17, 15) is 0 Å². The summed E-state index contributed by atoms with van der Waals surface area (Å²) in [5.41, 5.74) is 3.18. The molecule has 0 amide bonds. The maximum absolute atomic E-state index is 8.86. The van der Waals surface area contributed by atoms with Crippen LogP contribution in [0.2, 0.25) is 0 Å². The fourth-order valence-corrected chi connectivity index (χ4v) is 2.55. The van der Waals surface area contributed by atoms with E-state index in [4.69, 9.17) is 9.52 Å². The second-order valence-corrected chi connectivity index (χ2v) is 6.07. The van der Waals surface area contributed by atoms with Crippen molar-refractivity contribution in [2.75, 3.05) is 6.61 Å². The van der Waals surface area contributed by atoms with Gasteiger partial charge in [0.25, 0.3) is 0 Å². The average molecular weight is 277 g/mol. The number of hydrogen-bond acceptors (Lipinski definition) is 4. The molecule has 2 rings (SSSR count). The van der Waals surface area contributed by atoms with Crippen molar-refractivity contribution in [1.29, 1.82) is 0 Å². The number of thioether (sulfide) groups is 1. The average Bonchev–Trinajstić information content (AvgIpc) is 2.86. The van der Waals surface area contributed by atoms with Crippen LogP contribution in [0.5, 0.6) is 0 Å². The van der Waals surface area contributed by atoms with Crippen LogP contribution in [0.4, 0.5) is 0 Å². The third-order valence-corrected chi connectivity index (χ3v) is 4.17. The molecule has 1 aromatic heterocycles. The number of oxazole rings is 1. The van der Waals surface area contributed by atoms with Crippen molar-refractivity contribution in [3.8, 4) is 11.5 Å². The Balaban J connectivity index is 1.97. The van der Waals surface area contributed by atoms with Gasteiger partial charge in [0, 0.05) is 23.2 Å². The second-order valence-electron chi connectivity index (χ2n) is 4.64. The molecular weight excluding hydrogens is 258 g/mol. The molecular formula is C15H19NO2S. The van der Waals surface area contributed by atoms with Crippen LogP contribution in [-0.4, -0.2) is 21.9 Å². The van der Waals surface area contributed by atoms with Gasteiger partial charge >= 0.3 is 0 Å². The highest BCUT2D eigenvalue weighted by Crippen LogP contribution is 2.23. The normalized spacial score (nSPS) is 12.6. The lowest BCUT2D eigenvalue weighted by Crippen LogP contribution is -1.99. The minimum Gasteiger partial charge on any atom is -0.444 e. The van der Waals surface area contributed by atoms with Crippen molar-refractivity contribution in [1.82, 2.24) is 4.98 Å². The van der Waals surface area contributed by atoms with Gasteiger partial charge in [0.1, 0.15) is 6.26 Å². The van der Waals surface area contributed by atoms with Gasteiger partial charge in [-0.15, -0.1) is 0 Å². The summed E-state index contributed by atoms with van der Waals surface area (Å²) in [6.07, 6.45) is 2.53. The summed E-state index contributed by atoms with van der Waals surface area (Å²) < 4.78 is 5.51. The van der Waals surface area contributed by atoms with Crippen LogP contribution >= 0.6 is 11.8 Å². The molecule has 1 atom stereocenters. The van der Waals surface area contributed by atoms with E-state index >= 15 is 0 Å². The molecule has 19 heavy (non-hydrogen) atoms. The number of rotatable bonds is 6. The van der Waals surface area contributed by atoms with Crippen molar-refractivity contribution < 1.29 is 9.52 Å². The molecule has 0 bridgehead atoms. The Hall–Kier alpha value is -1.26. The van der Waals surface area contributed by atoms with Crippen molar-refractivity contribution in [2.24, 2.45) is 0 Å². The van der Waals surface area contributed by atoms with Crippen LogP contribution in [0, 0.1) is 6.92 Å². The number of aryl methyl sites for hydroxylation is 1. The van der Waals surface area contributed by atoms with Gasteiger partial charge in [0.2, 0.25) is 5.89 Å². The van der Waals surface area contributed by atoms with E-state index < -0.39 is 0 Å². The van der Waals surface area contributed by atoms with Crippen molar-refractivity contribution in [3.05, 3.63) is 41.8 Å². The minimum atomic E-state index is 0.238. The Labute approximate surface area is 118 Å². The monoisotopic (exact) mass is 277 g/mol. The summed E-state index contributed by atoms with van der Waals surface area (Å²) in [5, 5.41) is 9.30. The van der Waals surface area contributed by atoms with Gasteiger partial charge in [-0.25, -0.2) is 4.98 Å². The largest absolute Gasteiger partial charge is 0.444 e. The van der Waals surface area contributed by atoms with Crippen LogP contribution in [0.15, 0.2) is 34.9 Å². The molecule has 1 N–H and O–H groups in total. The van der Waals surface area contributed by atoms with E-state index in [0.717, 1.165) is 23.4 Å². The van der Waals surface area contributed by atoms with Gasteiger partial charge in [-0.1, -0.05) is 24.6 Å². The first kappa shape index (κ1) is 14.2. The molecule has 102 valence electrons. The van der Waals surface area contributed by atoms with Gasteiger partial charge in [-0.3, -0.25) is 0 Å². The summed E-state index contributed by atoms with van der Waals surface area (Å²) in [4.78, 5) is 4.49. The topological polar surface area (TPSA) is 46.3 Å². The maximum atomic E-state index is 8.86. The Morgan fingerprint density at radius 3 is 2.74 bits per heavy atom. The highest BCUT2D eigenvalue weighted by Gasteiger charge is 2.08. The zero-order chi connectivity index (χ0) is 13.7. The van der Waals surface area contributed by atoms with Crippen LogP contribution in [0.25, 0.3) is 11.5 Å². The van der Waals surface area contributed by atoms with Gasteiger partial charge in [-0.05, 0) is 25.5 Å². The molecule has 0 spiro atoms. The van der Waals surface area contributed by atoms with Crippen LogP contribution in [0.1, 0.15) is 24.6 Å². The zero-order valence-corrected chi connectivity index (χ0v) is 12.1. The molecule has 3 nitrogen and oxygen atoms in total. The first-order valence-electron chi connectivity index (χ1n) is 6.43. The predicted octanol–water partition coefficient (Wildman–Crippen LogP) is 3.65. The Kier molecular flexibility index (Phi) is 5.05. The number of benzene rings is 1. The molecule has 2 aromatic rings. The van der Waals surface area contributed by atoms with Gasteiger partial charge < -0.3 is 9.52 Å². The lowest BCUT2D eigenvalue weighted by molar-refractivity contribution is 0.289. The first-order chi connectivity index (χ1) is 9.19. The molecule has 1 heterocycles. The molecule has 0 aliphatic heterocycles. The van der Waals surface area contributed by atoms with Crippen molar-refractivity contribution in [3.63, 3.8) is 0 Å². The first-order valence-corrected chi connectivity index (χ1v) is 7.48. The fraction of sp³-hybridized carbons (Fsp3) is 0.400. The molecule has 0 aliphatic carbocycles. The quantitative estimate of drug-likeness (QED) is 0.875. The SMILES string of the molecule is Cc1ccc(-c2nc(CSC(C)CCO)co2)cc1. The lowest BCUT2D eigenvalue weighted by atomic mass is 10.1. The fourth-order valence-electron chi connectivity index (χ4n) is 1.69.